The number of likely N-dealkylation sites (tertiary alicyclic amines) is 1. The van der Waals surface area contributed by atoms with E-state index >= 15 is 0 Å². The van der Waals surface area contributed by atoms with Gasteiger partial charge in [0.2, 0.25) is 5.91 Å². The number of rotatable bonds is 4. The van der Waals surface area contributed by atoms with Crippen molar-refractivity contribution < 1.29 is 4.79 Å². The highest BCUT2D eigenvalue weighted by molar-refractivity contribution is 7.71. The van der Waals surface area contributed by atoms with Gasteiger partial charge in [0.05, 0.1) is 0 Å². The number of hydrogen-bond acceptors (Lipinski definition) is 3. The molecule has 0 unspecified atom stereocenters. The molecule has 2 heterocycles. The maximum Gasteiger partial charge on any atom is 0.224 e. The Bertz CT molecular complexity index is 459. The zero-order chi connectivity index (χ0) is 13.0. The average Bonchev–Trinajstić information content (AvgIpc) is 2.77. The van der Waals surface area contributed by atoms with Crippen LogP contribution < -0.4 is 0 Å². The van der Waals surface area contributed by atoms with Gasteiger partial charge in [0.25, 0.3) is 0 Å². The first kappa shape index (κ1) is 13.3. The van der Waals surface area contributed by atoms with E-state index in [4.69, 9.17) is 12.2 Å². The van der Waals surface area contributed by atoms with Gasteiger partial charge in [-0.2, -0.15) is 5.10 Å². The SMILES string of the molecule is CCc1n[nH]c(=S)n1CCC(=O)N1CCCCC1. The predicted octanol–water partition coefficient (Wildman–Crippen LogP) is 1.91. The van der Waals surface area contributed by atoms with Crippen molar-refractivity contribution in [2.45, 2.75) is 45.6 Å². The van der Waals surface area contributed by atoms with Crippen LogP contribution in [-0.2, 0) is 17.8 Å². The Morgan fingerprint density at radius 1 is 1.39 bits per heavy atom. The molecule has 6 heteroatoms. The summed E-state index contributed by atoms with van der Waals surface area (Å²) < 4.78 is 2.54. The van der Waals surface area contributed by atoms with Crippen molar-refractivity contribution in [1.82, 2.24) is 19.7 Å². The van der Waals surface area contributed by atoms with Crippen LogP contribution in [0, 0.1) is 4.77 Å². The molecule has 5 nitrogen and oxygen atoms in total. The van der Waals surface area contributed by atoms with Crippen LogP contribution in [0.1, 0.15) is 38.4 Å². The molecule has 0 spiro atoms. The van der Waals surface area contributed by atoms with Gasteiger partial charge in [0.1, 0.15) is 5.82 Å². The third kappa shape index (κ3) is 2.98. The van der Waals surface area contributed by atoms with E-state index in [1.54, 1.807) is 0 Å². The van der Waals surface area contributed by atoms with Crippen LogP contribution in [0.3, 0.4) is 0 Å². The minimum absolute atomic E-state index is 0.236. The standard InChI is InChI=1S/C12H20N4OS/c1-2-10-13-14-12(18)16(10)9-6-11(17)15-7-4-3-5-8-15/h2-9H2,1H3,(H,14,18). The number of carbonyl (C=O) groups excluding carboxylic acids is 1. The topological polar surface area (TPSA) is 53.9 Å². The second-order valence-electron chi connectivity index (χ2n) is 4.64. The number of aromatic nitrogens is 3. The molecule has 18 heavy (non-hydrogen) atoms. The van der Waals surface area contributed by atoms with Gasteiger partial charge in [-0.05, 0) is 31.5 Å². The molecule has 0 bridgehead atoms. The molecule has 0 aromatic carbocycles. The number of carbonyl (C=O) groups is 1. The molecule has 0 atom stereocenters. The second-order valence-corrected chi connectivity index (χ2v) is 5.03. The minimum atomic E-state index is 0.236. The van der Waals surface area contributed by atoms with E-state index in [0.29, 0.717) is 17.7 Å². The first-order valence-corrected chi connectivity index (χ1v) is 7.05. The van der Waals surface area contributed by atoms with Gasteiger partial charge < -0.3 is 9.47 Å². The van der Waals surface area contributed by atoms with E-state index in [9.17, 15) is 4.79 Å². The fourth-order valence-corrected chi connectivity index (χ4v) is 2.60. The van der Waals surface area contributed by atoms with E-state index in [1.807, 2.05) is 16.4 Å². The molecule has 100 valence electrons. The molecule has 0 radical (unpaired) electrons. The van der Waals surface area contributed by atoms with Crippen molar-refractivity contribution in [3.05, 3.63) is 10.6 Å². The number of aryl methyl sites for hydroxylation is 1. The van der Waals surface area contributed by atoms with Crippen LogP contribution in [-0.4, -0.2) is 38.7 Å². The fourth-order valence-electron chi connectivity index (χ4n) is 2.36. The Balaban J connectivity index is 1.92. The lowest BCUT2D eigenvalue weighted by molar-refractivity contribution is -0.132. The summed E-state index contributed by atoms with van der Waals surface area (Å²) in [7, 11) is 0. The van der Waals surface area contributed by atoms with Gasteiger partial charge in [-0.3, -0.25) is 9.89 Å². The molecule has 1 saturated heterocycles. The Hall–Kier alpha value is -1.17. The van der Waals surface area contributed by atoms with Gasteiger partial charge in [-0.15, -0.1) is 0 Å². The Labute approximate surface area is 112 Å². The van der Waals surface area contributed by atoms with Gasteiger partial charge in [-0.1, -0.05) is 6.92 Å². The monoisotopic (exact) mass is 268 g/mol. The summed E-state index contributed by atoms with van der Waals surface area (Å²) in [4.78, 5) is 14.0. The lowest BCUT2D eigenvalue weighted by atomic mass is 10.1. The Morgan fingerprint density at radius 2 is 2.11 bits per heavy atom. The van der Waals surface area contributed by atoms with Crippen LogP contribution in [0.2, 0.25) is 0 Å². The molecular weight excluding hydrogens is 248 g/mol. The third-order valence-corrected chi connectivity index (χ3v) is 3.72. The van der Waals surface area contributed by atoms with Crippen molar-refractivity contribution in [3.8, 4) is 0 Å². The molecule has 1 aromatic heterocycles. The molecule has 1 fully saturated rings. The molecular formula is C12H20N4OS. The molecule has 2 rings (SSSR count). The summed E-state index contributed by atoms with van der Waals surface area (Å²) in [5.74, 6) is 1.16. The largest absolute Gasteiger partial charge is 0.343 e. The summed E-state index contributed by atoms with van der Waals surface area (Å²) in [6, 6.07) is 0. The van der Waals surface area contributed by atoms with Crippen LogP contribution in [0.15, 0.2) is 0 Å². The van der Waals surface area contributed by atoms with Crippen LogP contribution in [0.5, 0.6) is 0 Å². The van der Waals surface area contributed by atoms with Crippen molar-refractivity contribution in [2.75, 3.05) is 13.1 Å². The maximum atomic E-state index is 12.1. The Morgan fingerprint density at radius 3 is 2.78 bits per heavy atom. The number of nitrogens with zero attached hydrogens (tertiary/aromatic N) is 3. The number of amides is 1. The third-order valence-electron chi connectivity index (χ3n) is 3.41. The van der Waals surface area contributed by atoms with Crippen LogP contribution in [0.25, 0.3) is 0 Å². The molecule has 1 aromatic rings. The number of nitrogens with one attached hydrogen (secondary N) is 1. The quantitative estimate of drug-likeness (QED) is 0.849. The van der Waals surface area contributed by atoms with E-state index < -0.39 is 0 Å². The molecule has 1 aliphatic heterocycles. The minimum Gasteiger partial charge on any atom is -0.343 e. The summed E-state index contributed by atoms with van der Waals surface area (Å²) in [5.41, 5.74) is 0. The first-order chi connectivity index (χ1) is 8.72. The van der Waals surface area contributed by atoms with Gasteiger partial charge >= 0.3 is 0 Å². The molecule has 1 aliphatic rings. The van der Waals surface area contributed by atoms with Crippen molar-refractivity contribution in [3.63, 3.8) is 0 Å². The highest BCUT2D eigenvalue weighted by atomic mass is 32.1. The van der Waals surface area contributed by atoms with E-state index in [0.717, 1.165) is 38.2 Å². The molecule has 0 saturated carbocycles. The average molecular weight is 268 g/mol. The summed E-state index contributed by atoms with van der Waals surface area (Å²) in [6.45, 7) is 4.49. The van der Waals surface area contributed by atoms with E-state index in [2.05, 4.69) is 10.2 Å². The first-order valence-electron chi connectivity index (χ1n) is 6.64. The lowest BCUT2D eigenvalue weighted by Crippen LogP contribution is -2.36. The smallest absolute Gasteiger partial charge is 0.224 e. The summed E-state index contributed by atoms with van der Waals surface area (Å²) in [5, 5.41) is 6.93. The summed E-state index contributed by atoms with van der Waals surface area (Å²) >= 11 is 5.17. The van der Waals surface area contributed by atoms with E-state index in [1.165, 1.54) is 6.42 Å². The number of piperidine rings is 1. The highest BCUT2D eigenvalue weighted by Crippen LogP contribution is 2.10. The zero-order valence-electron chi connectivity index (χ0n) is 10.8. The van der Waals surface area contributed by atoms with Gasteiger partial charge in [0.15, 0.2) is 4.77 Å². The zero-order valence-corrected chi connectivity index (χ0v) is 11.6. The van der Waals surface area contributed by atoms with Gasteiger partial charge in [0, 0.05) is 32.5 Å². The maximum absolute atomic E-state index is 12.1. The summed E-state index contributed by atoms with van der Waals surface area (Å²) in [6.07, 6.45) is 4.86. The van der Waals surface area contributed by atoms with Crippen LogP contribution in [0.4, 0.5) is 0 Å². The normalized spacial score (nSPS) is 15.9. The number of H-pyrrole nitrogens is 1. The number of aromatic amines is 1. The Kier molecular flexibility index (Phi) is 4.52. The second kappa shape index (κ2) is 6.13. The molecule has 1 amide bonds. The highest BCUT2D eigenvalue weighted by Gasteiger charge is 2.16. The molecule has 1 N–H and O–H groups in total. The van der Waals surface area contributed by atoms with Crippen molar-refractivity contribution in [1.29, 1.82) is 0 Å². The molecule has 0 aliphatic carbocycles. The number of hydrogen-bond donors (Lipinski definition) is 1. The predicted molar refractivity (Wildman–Crippen MR) is 71.8 cm³/mol. The van der Waals surface area contributed by atoms with Gasteiger partial charge in [-0.25, -0.2) is 0 Å². The van der Waals surface area contributed by atoms with Crippen molar-refractivity contribution in [2.24, 2.45) is 0 Å². The lowest BCUT2D eigenvalue weighted by Gasteiger charge is -2.26. The van der Waals surface area contributed by atoms with Crippen molar-refractivity contribution >= 4 is 18.1 Å². The van der Waals surface area contributed by atoms with Crippen LogP contribution >= 0.6 is 12.2 Å². The van der Waals surface area contributed by atoms with E-state index in [-0.39, 0.29) is 5.91 Å². The fraction of sp³-hybridized carbons (Fsp3) is 0.750.